The third-order valence-corrected chi connectivity index (χ3v) is 10.3. The van der Waals surface area contributed by atoms with Gasteiger partial charge in [0.05, 0.1) is 11.3 Å². The molecule has 5 rings (SSSR count). The second-order valence-corrected chi connectivity index (χ2v) is 14.1. The van der Waals surface area contributed by atoms with Gasteiger partial charge >= 0.3 is 7.82 Å². The van der Waals surface area contributed by atoms with Crippen molar-refractivity contribution in [2.75, 3.05) is 19.6 Å². The van der Waals surface area contributed by atoms with Crippen molar-refractivity contribution in [3.63, 3.8) is 0 Å². The van der Waals surface area contributed by atoms with Crippen LogP contribution < -0.4 is 10.6 Å². The maximum atomic E-state index is 12.9. The second kappa shape index (κ2) is 11.4. The van der Waals surface area contributed by atoms with Crippen LogP contribution in [-0.2, 0) is 18.5 Å². The highest BCUT2D eigenvalue weighted by Gasteiger charge is 2.42. The van der Waals surface area contributed by atoms with Crippen LogP contribution in [0.4, 0.5) is 0 Å². The predicted molar refractivity (Wildman–Crippen MR) is 164 cm³/mol. The summed E-state index contributed by atoms with van der Waals surface area (Å²) in [6.07, 6.45) is 5.36. The smallest absolute Gasteiger partial charge is 0.325 e. The standard InChI is InChI=1S/C31H43N6O5P/c1-8-31(6,7)41-43(39,40)42-37(17-27(32)38)13-11-22(12-14-37)23-9-10-26-24(15-23)28(19(2)3)29(35-26)25-16-36-30(33-18-34-36)21(5)20(25)4/h9-10,15-16,18-19,22,35H,8,11-14,17H2,1-7H3,(H2-,32,38,39,40). The fourth-order valence-corrected chi connectivity index (χ4v) is 7.68. The molecule has 3 aromatic heterocycles. The number of hydroxylamine groups is 3. The Labute approximate surface area is 252 Å². The summed E-state index contributed by atoms with van der Waals surface area (Å²) in [7, 11) is -4.71. The number of nitrogens with zero attached hydrogens (tertiary/aromatic N) is 4. The Morgan fingerprint density at radius 2 is 1.95 bits per heavy atom. The number of phosphoric ester groups is 1. The third-order valence-electron chi connectivity index (χ3n) is 9.00. The molecule has 1 amide bonds. The molecule has 1 aliphatic heterocycles. The Morgan fingerprint density at radius 3 is 2.58 bits per heavy atom. The molecule has 1 atom stereocenters. The number of benzene rings is 1. The van der Waals surface area contributed by atoms with E-state index in [2.05, 4.69) is 61.0 Å². The number of likely N-dealkylation sites (tertiary alicyclic amines) is 1. The molecule has 232 valence electrons. The van der Waals surface area contributed by atoms with E-state index in [1.807, 2.05) is 17.6 Å². The number of aromatic nitrogens is 4. The van der Waals surface area contributed by atoms with Crippen LogP contribution in [0.3, 0.4) is 0 Å². The van der Waals surface area contributed by atoms with Crippen LogP contribution in [-0.4, -0.2) is 55.4 Å². The van der Waals surface area contributed by atoms with Crippen molar-refractivity contribution in [2.24, 2.45) is 5.73 Å². The van der Waals surface area contributed by atoms with Gasteiger partial charge in [-0.1, -0.05) is 26.8 Å². The predicted octanol–water partition coefficient (Wildman–Crippen LogP) is 5.40. The van der Waals surface area contributed by atoms with Crippen LogP contribution in [0.25, 0.3) is 27.8 Å². The molecule has 1 aliphatic rings. The molecule has 1 aromatic carbocycles. The lowest BCUT2D eigenvalue weighted by Gasteiger charge is -2.43. The van der Waals surface area contributed by atoms with Crippen molar-refractivity contribution in [2.45, 2.75) is 85.2 Å². The first-order valence-electron chi connectivity index (χ1n) is 15.0. The molecule has 0 spiro atoms. The van der Waals surface area contributed by atoms with E-state index in [0.717, 1.165) is 38.9 Å². The molecule has 4 heterocycles. The highest BCUT2D eigenvalue weighted by atomic mass is 31.2. The Bertz CT molecular complexity index is 1720. The minimum Gasteiger partial charge on any atom is -0.752 e. The van der Waals surface area contributed by atoms with E-state index in [1.54, 1.807) is 20.2 Å². The summed E-state index contributed by atoms with van der Waals surface area (Å²) in [5.41, 5.74) is 13.4. The van der Waals surface area contributed by atoms with Crippen LogP contribution in [0, 0.1) is 13.8 Å². The van der Waals surface area contributed by atoms with Gasteiger partial charge in [0.25, 0.3) is 5.91 Å². The van der Waals surface area contributed by atoms with E-state index in [1.165, 1.54) is 11.1 Å². The number of nitrogens with two attached hydrogens (primary N) is 1. The Kier molecular flexibility index (Phi) is 8.35. The summed E-state index contributed by atoms with van der Waals surface area (Å²) < 4.78 is 25.3. The molecule has 4 aromatic rings. The van der Waals surface area contributed by atoms with E-state index in [9.17, 15) is 14.3 Å². The second-order valence-electron chi connectivity index (χ2n) is 12.8. The number of rotatable bonds is 10. The van der Waals surface area contributed by atoms with Gasteiger partial charge in [-0.2, -0.15) is 9.75 Å². The van der Waals surface area contributed by atoms with Crippen LogP contribution >= 0.6 is 7.82 Å². The van der Waals surface area contributed by atoms with Crippen molar-refractivity contribution < 1.29 is 28.0 Å². The number of phosphoric acid groups is 1. The zero-order valence-corrected chi connectivity index (χ0v) is 27.0. The number of amides is 1. The fourth-order valence-electron chi connectivity index (χ4n) is 6.27. The number of quaternary nitrogens is 1. The zero-order valence-electron chi connectivity index (χ0n) is 26.1. The molecule has 11 nitrogen and oxygen atoms in total. The Hall–Kier alpha value is -3.08. The van der Waals surface area contributed by atoms with Crippen molar-refractivity contribution in [3.05, 3.63) is 53.0 Å². The summed E-state index contributed by atoms with van der Waals surface area (Å²) in [5, 5.41) is 5.55. The van der Waals surface area contributed by atoms with E-state index in [-0.39, 0.29) is 23.0 Å². The van der Waals surface area contributed by atoms with E-state index >= 15 is 0 Å². The number of hydrogen-bond donors (Lipinski definition) is 2. The van der Waals surface area contributed by atoms with Gasteiger partial charge in [0.1, 0.15) is 19.4 Å². The Morgan fingerprint density at radius 1 is 1.26 bits per heavy atom. The number of fused-ring (bicyclic) bond motifs is 2. The molecule has 0 radical (unpaired) electrons. The monoisotopic (exact) mass is 610 g/mol. The highest BCUT2D eigenvalue weighted by Crippen LogP contribution is 2.49. The molecule has 12 heteroatoms. The molecule has 43 heavy (non-hydrogen) atoms. The number of aryl methyl sites for hydroxylation is 1. The van der Waals surface area contributed by atoms with Crippen molar-refractivity contribution >= 4 is 30.3 Å². The van der Waals surface area contributed by atoms with Crippen LogP contribution in [0.2, 0.25) is 0 Å². The average Bonchev–Trinajstić information content (AvgIpc) is 3.54. The van der Waals surface area contributed by atoms with Crippen molar-refractivity contribution in [1.29, 1.82) is 0 Å². The zero-order chi connectivity index (χ0) is 31.3. The molecule has 0 saturated carbocycles. The van der Waals surface area contributed by atoms with Crippen LogP contribution in [0.5, 0.6) is 0 Å². The van der Waals surface area contributed by atoms with Gasteiger partial charge in [-0.25, -0.2) is 9.50 Å². The molecule has 1 fully saturated rings. The summed E-state index contributed by atoms with van der Waals surface area (Å²) in [6, 6.07) is 6.52. The van der Waals surface area contributed by atoms with Crippen LogP contribution in [0.1, 0.15) is 88.0 Å². The van der Waals surface area contributed by atoms with Crippen LogP contribution in [0.15, 0.2) is 30.7 Å². The van der Waals surface area contributed by atoms with Gasteiger partial charge in [0.2, 0.25) is 0 Å². The molecule has 3 N–H and O–H groups in total. The number of pyridine rings is 1. The van der Waals surface area contributed by atoms with Gasteiger partial charge in [0, 0.05) is 35.5 Å². The topological polar surface area (TPSA) is 148 Å². The van der Waals surface area contributed by atoms with Crippen molar-refractivity contribution in [1.82, 2.24) is 19.6 Å². The van der Waals surface area contributed by atoms with Crippen molar-refractivity contribution in [3.8, 4) is 11.3 Å². The molecular weight excluding hydrogens is 567 g/mol. The number of primary amides is 1. The molecular formula is C31H43N6O5P. The summed E-state index contributed by atoms with van der Waals surface area (Å²) in [5.74, 6) is -0.200. The van der Waals surface area contributed by atoms with Gasteiger partial charge in [0.15, 0.2) is 12.2 Å². The molecule has 1 unspecified atom stereocenters. The van der Waals surface area contributed by atoms with E-state index in [0.29, 0.717) is 32.4 Å². The van der Waals surface area contributed by atoms with Gasteiger partial charge in [-0.15, -0.1) is 4.62 Å². The number of aromatic amines is 1. The minimum atomic E-state index is -4.71. The highest BCUT2D eigenvalue weighted by molar-refractivity contribution is 7.45. The van der Waals surface area contributed by atoms with E-state index in [4.69, 9.17) is 14.9 Å². The minimum absolute atomic E-state index is 0.167. The Balaban J connectivity index is 1.45. The number of nitrogens with one attached hydrogen (secondary N) is 1. The first-order valence-corrected chi connectivity index (χ1v) is 16.4. The quantitative estimate of drug-likeness (QED) is 0.180. The lowest BCUT2D eigenvalue weighted by atomic mass is 9.87. The number of piperidine rings is 1. The van der Waals surface area contributed by atoms with Gasteiger partial charge in [-0.05, 0) is 80.3 Å². The summed E-state index contributed by atoms with van der Waals surface area (Å²) >= 11 is 0. The number of carbonyl (C=O) groups is 1. The number of hydrogen-bond acceptors (Lipinski definition) is 7. The van der Waals surface area contributed by atoms with Gasteiger partial charge in [-0.3, -0.25) is 9.36 Å². The number of carbonyl (C=O) groups excluding carboxylic acids is 1. The maximum Gasteiger partial charge on any atom is 0.325 e. The first kappa shape index (κ1) is 31.3. The lowest BCUT2D eigenvalue weighted by molar-refractivity contribution is -1.08. The first-order chi connectivity index (χ1) is 20.1. The van der Waals surface area contributed by atoms with Gasteiger partial charge < -0.3 is 20.1 Å². The average molecular weight is 611 g/mol. The summed E-state index contributed by atoms with van der Waals surface area (Å²) in [4.78, 5) is 33.0. The number of H-pyrrole nitrogens is 1. The molecule has 0 bridgehead atoms. The molecule has 1 saturated heterocycles. The SMILES string of the molecule is CCC(C)(C)OP(=O)([O-])O[N+]1(CC(N)=O)CCC(c2ccc3[nH]c(-c4cn5ncnc5c(C)c4C)c(C(C)C)c3c2)CC1. The largest absolute Gasteiger partial charge is 0.752 e. The lowest BCUT2D eigenvalue weighted by Crippen LogP contribution is -2.56. The normalized spacial score (nSPS) is 21.1. The summed E-state index contributed by atoms with van der Waals surface area (Å²) in [6.45, 7) is 14.2. The molecule has 0 aliphatic carbocycles. The third kappa shape index (κ3) is 6.28. The fraction of sp³-hybridized carbons (Fsp3) is 0.516. The maximum absolute atomic E-state index is 12.9. The van der Waals surface area contributed by atoms with E-state index < -0.39 is 19.3 Å².